The molecule has 0 radical (unpaired) electrons. The third-order valence-electron chi connectivity index (χ3n) is 3.95. The highest BCUT2D eigenvalue weighted by Gasteiger charge is 2.22. The summed E-state index contributed by atoms with van der Waals surface area (Å²) in [7, 11) is 0. The molecular weight excluding hydrogens is 274 g/mol. The number of carbonyl (C=O) groups is 1. The highest BCUT2D eigenvalue weighted by molar-refractivity contribution is 5.93. The van der Waals surface area contributed by atoms with Gasteiger partial charge in [0.15, 0.2) is 0 Å². The van der Waals surface area contributed by atoms with Gasteiger partial charge in [0.1, 0.15) is 0 Å². The van der Waals surface area contributed by atoms with Crippen LogP contribution >= 0.6 is 12.4 Å². The lowest BCUT2D eigenvalue weighted by atomic mass is 10.1. The normalized spacial score (nSPS) is 18.6. The number of carbonyl (C=O) groups excluding carboxylic acids is 1. The summed E-state index contributed by atoms with van der Waals surface area (Å²) in [4.78, 5) is 14.2. The van der Waals surface area contributed by atoms with E-state index in [1.807, 2.05) is 19.1 Å². The Labute approximate surface area is 127 Å². The number of nitrogens with two attached hydrogens (primary N) is 1. The zero-order valence-electron chi connectivity index (χ0n) is 12.2. The second-order valence-corrected chi connectivity index (χ2v) is 5.42. The molecule has 2 rings (SSSR count). The molecule has 1 atom stereocenters. The van der Waals surface area contributed by atoms with E-state index in [0.29, 0.717) is 12.5 Å². The number of benzene rings is 1. The van der Waals surface area contributed by atoms with Gasteiger partial charge in [-0.3, -0.25) is 9.69 Å². The van der Waals surface area contributed by atoms with Gasteiger partial charge in [0.05, 0.1) is 6.54 Å². The fourth-order valence-electron chi connectivity index (χ4n) is 2.53. The third kappa shape index (κ3) is 4.20. The van der Waals surface area contributed by atoms with Gasteiger partial charge in [-0.15, -0.1) is 12.4 Å². The van der Waals surface area contributed by atoms with Gasteiger partial charge in [0.25, 0.3) is 0 Å². The van der Waals surface area contributed by atoms with Crippen molar-refractivity contribution >= 4 is 24.0 Å². The molecule has 4 nitrogen and oxygen atoms in total. The van der Waals surface area contributed by atoms with Gasteiger partial charge in [-0.05, 0) is 56.5 Å². The molecule has 0 spiro atoms. The van der Waals surface area contributed by atoms with Crippen molar-refractivity contribution in [2.75, 3.05) is 31.5 Å². The molecule has 1 aliphatic heterocycles. The Balaban J connectivity index is 0.00000200. The van der Waals surface area contributed by atoms with Crippen LogP contribution in [0.3, 0.4) is 0 Å². The molecule has 1 unspecified atom stereocenters. The maximum atomic E-state index is 12.0. The number of anilines is 1. The van der Waals surface area contributed by atoms with E-state index in [0.717, 1.165) is 37.3 Å². The molecule has 1 aromatic rings. The van der Waals surface area contributed by atoms with Gasteiger partial charge < -0.3 is 11.1 Å². The number of nitrogens with one attached hydrogen (secondary N) is 1. The molecule has 1 aliphatic rings. The highest BCUT2D eigenvalue weighted by atomic mass is 35.5. The minimum Gasteiger partial charge on any atom is -0.330 e. The van der Waals surface area contributed by atoms with Crippen LogP contribution in [0.1, 0.15) is 17.5 Å². The van der Waals surface area contributed by atoms with E-state index >= 15 is 0 Å². The maximum Gasteiger partial charge on any atom is 0.238 e. The first-order valence-corrected chi connectivity index (χ1v) is 6.88. The van der Waals surface area contributed by atoms with Gasteiger partial charge >= 0.3 is 0 Å². The molecule has 0 aromatic heterocycles. The van der Waals surface area contributed by atoms with Crippen molar-refractivity contribution in [1.29, 1.82) is 0 Å². The van der Waals surface area contributed by atoms with Crippen LogP contribution < -0.4 is 11.1 Å². The third-order valence-corrected chi connectivity index (χ3v) is 3.95. The Kier molecular flexibility index (Phi) is 6.46. The van der Waals surface area contributed by atoms with Crippen LogP contribution in [0.15, 0.2) is 18.2 Å². The lowest BCUT2D eigenvalue weighted by Crippen LogP contribution is -2.32. The summed E-state index contributed by atoms with van der Waals surface area (Å²) in [6, 6.07) is 5.97. The predicted molar refractivity (Wildman–Crippen MR) is 85.4 cm³/mol. The van der Waals surface area contributed by atoms with E-state index < -0.39 is 0 Å². The Morgan fingerprint density at radius 3 is 2.85 bits per heavy atom. The smallest absolute Gasteiger partial charge is 0.238 e. The van der Waals surface area contributed by atoms with Gasteiger partial charge in [-0.2, -0.15) is 0 Å². The summed E-state index contributed by atoms with van der Waals surface area (Å²) >= 11 is 0. The van der Waals surface area contributed by atoms with E-state index in [4.69, 9.17) is 5.73 Å². The first-order chi connectivity index (χ1) is 9.10. The van der Waals surface area contributed by atoms with Gasteiger partial charge in [0, 0.05) is 12.2 Å². The monoisotopic (exact) mass is 297 g/mol. The molecule has 1 heterocycles. The first-order valence-electron chi connectivity index (χ1n) is 6.88. The van der Waals surface area contributed by atoms with Gasteiger partial charge in [-0.1, -0.05) is 12.1 Å². The van der Waals surface area contributed by atoms with Crippen LogP contribution in [-0.2, 0) is 4.79 Å². The van der Waals surface area contributed by atoms with E-state index in [1.165, 1.54) is 5.56 Å². The topological polar surface area (TPSA) is 58.4 Å². The largest absolute Gasteiger partial charge is 0.330 e. The fourth-order valence-corrected chi connectivity index (χ4v) is 2.53. The highest BCUT2D eigenvalue weighted by Crippen LogP contribution is 2.18. The molecule has 1 saturated heterocycles. The fraction of sp³-hybridized carbons (Fsp3) is 0.533. The molecule has 0 bridgehead atoms. The summed E-state index contributed by atoms with van der Waals surface area (Å²) in [6.45, 7) is 7.18. The minimum absolute atomic E-state index is 0. The van der Waals surface area contributed by atoms with Crippen molar-refractivity contribution in [2.24, 2.45) is 11.7 Å². The van der Waals surface area contributed by atoms with E-state index in [1.54, 1.807) is 0 Å². The minimum atomic E-state index is 0. The number of rotatable bonds is 4. The van der Waals surface area contributed by atoms with E-state index in [2.05, 4.69) is 23.2 Å². The molecule has 0 saturated carbocycles. The molecule has 0 aliphatic carbocycles. The van der Waals surface area contributed by atoms with E-state index in [-0.39, 0.29) is 18.3 Å². The van der Waals surface area contributed by atoms with Gasteiger partial charge in [0.2, 0.25) is 5.91 Å². The zero-order valence-corrected chi connectivity index (χ0v) is 13.0. The number of likely N-dealkylation sites (tertiary alicyclic amines) is 1. The Morgan fingerprint density at radius 1 is 1.45 bits per heavy atom. The molecule has 20 heavy (non-hydrogen) atoms. The van der Waals surface area contributed by atoms with Crippen molar-refractivity contribution in [1.82, 2.24) is 4.90 Å². The summed E-state index contributed by atoms with van der Waals surface area (Å²) in [5.74, 6) is 0.611. The maximum absolute atomic E-state index is 12.0. The SMILES string of the molecule is Cc1cccc(NC(=O)CN2CCC(CN)C2)c1C.Cl. The van der Waals surface area contributed by atoms with E-state index in [9.17, 15) is 4.79 Å². The molecule has 1 aromatic carbocycles. The molecular formula is C15H24ClN3O. The quantitative estimate of drug-likeness (QED) is 0.893. The second-order valence-electron chi connectivity index (χ2n) is 5.42. The molecule has 112 valence electrons. The van der Waals surface area contributed by atoms with Crippen molar-refractivity contribution in [2.45, 2.75) is 20.3 Å². The van der Waals surface area contributed by atoms with Crippen molar-refractivity contribution < 1.29 is 4.79 Å². The Morgan fingerprint density at radius 2 is 2.20 bits per heavy atom. The zero-order chi connectivity index (χ0) is 13.8. The lowest BCUT2D eigenvalue weighted by Gasteiger charge is -2.16. The Hall–Kier alpha value is -1.10. The molecule has 5 heteroatoms. The summed E-state index contributed by atoms with van der Waals surface area (Å²) in [5, 5.41) is 3.00. The second kappa shape index (κ2) is 7.62. The van der Waals surface area contributed by atoms with Crippen LogP contribution in [0, 0.1) is 19.8 Å². The van der Waals surface area contributed by atoms with Crippen LogP contribution in [-0.4, -0.2) is 37.0 Å². The number of hydrogen-bond donors (Lipinski definition) is 2. The van der Waals surface area contributed by atoms with Crippen LogP contribution in [0.25, 0.3) is 0 Å². The van der Waals surface area contributed by atoms with Crippen LogP contribution in [0.2, 0.25) is 0 Å². The van der Waals surface area contributed by atoms with Crippen molar-refractivity contribution in [3.05, 3.63) is 29.3 Å². The van der Waals surface area contributed by atoms with Crippen molar-refractivity contribution in [3.8, 4) is 0 Å². The molecule has 1 fully saturated rings. The lowest BCUT2D eigenvalue weighted by molar-refractivity contribution is -0.117. The number of amides is 1. The van der Waals surface area contributed by atoms with Crippen molar-refractivity contribution in [3.63, 3.8) is 0 Å². The summed E-state index contributed by atoms with van der Waals surface area (Å²) in [6.07, 6.45) is 1.10. The molecule has 3 N–H and O–H groups in total. The summed E-state index contributed by atoms with van der Waals surface area (Å²) in [5.41, 5.74) is 8.91. The number of hydrogen-bond acceptors (Lipinski definition) is 3. The average Bonchev–Trinajstić information content (AvgIpc) is 2.82. The number of halogens is 1. The first kappa shape index (κ1) is 17.0. The predicted octanol–water partition coefficient (Wildman–Crippen LogP) is 1.94. The Bertz CT molecular complexity index is 464. The van der Waals surface area contributed by atoms with Crippen LogP contribution in [0.4, 0.5) is 5.69 Å². The number of nitrogens with zero attached hydrogens (tertiary/aromatic N) is 1. The average molecular weight is 298 g/mol. The number of aryl methyl sites for hydroxylation is 1. The molecule has 1 amide bonds. The summed E-state index contributed by atoms with van der Waals surface area (Å²) < 4.78 is 0. The van der Waals surface area contributed by atoms with Crippen LogP contribution in [0.5, 0.6) is 0 Å². The standard InChI is InChI=1S/C15H23N3O.ClH/c1-11-4-3-5-14(12(11)2)17-15(19)10-18-7-6-13(8-16)9-18;/h3-5,13H,6-10,16H2,1-2H3,(H,17,19);1H. The van der Waals surface area contributed by atoms with Gasteiger partial charge in [-0.25, -0.2) is 0 Å².